The van der Waals surface area contributed by atoms with Crippen molar-refractivity contribution in [3.63, 3.8) is 0 Å². The lowest BCUT2D eigenvalue weighted by atomic mass is 10.0. The van der Waals surface area contributed by atoms with E-state index in [-0.39, 0.29) is 37.8 Å². The summed E-state index contributed by atoms with van der Waals surface area (Å²) in [4.78, 5) is 70.4. The van der Waals surface area contributed by atoms with Crippen molar-refractivity contribution in [2.24, 2.45) is 0 Å². The molecule has 6 aromatic heterocycles. The Morgan fingerprint density at radius 3 is 1.23 bits per heavy atom. The van der Waals surface area contributed by atoms with E-state index in [0.29, 0.717) is 62.9 Å². The van der Waals surface area contributed by atoms with Crippen molar-refractivity contribution in [1.82, 2.24) is 58.9 Å². The van der Waals surface area contributed by atoms with Gasteiger partial charge in [-0.25, -0.2) is 28.7 Å². The predicted octanol–water partition coefficient (Wildman–Crippen LogP) is 3.55. The zero-order valence-corrected chi connectivity index (χ0v) is 36.9. The average molecular weight is 951 g/mol. The van der Waals surface area contributed by atoms with Crippen molar-refractivity contribution < 1.29 is 53.9 Å². The summed E-state index contributed by atoms with van der Waals surface area (Å²) in [6, 6.07) is 31.0. The van der Waals surface area contributed by atoms with Crippen LogP contribution >= 0.6 is 0 Å². The molecule has 4 N–H and O–H groups in total. The number of nitrogens with zero attached hydrogens (tertiary/aromatic N) is 12. The van der Waals surface area contributed by atoms with E-state index in [1.807, 2.05) is 6.07 Å². The number of ketones is 1. The van der Waals surface area contributed by atoms with E-state index in [1.54, 1.807) is 137 Å². The maximum absolute atomic E-state index is 13.5. The quantitative estimate of drug-likeness (QED) is 0.0630. The number of carbonyl (C=O) groups excluding carboxylic acids is 1. The first-order valence-electron chi connectivity index (χ1n) is 21.3. The van der Waals surface area contributed by atoms with Crippen LogP contribution in [0.4, 0.5) is 0 Å². The molecule has 0 saturated heterocycles. The minimum atomic E-state index is -1.16. The second-order valence-corrected chi connectivity index (χ2v) is 15.5. The molecule has 356 valence electrons. The fraction of sp³-hybridized carbons (Fsp3) is 0.170. The fourth-order valence-corrected chi connectivity index (χ4v) is 7.11. The Labute approximate surface area is 396 Å². The summed E-state index contributed by atoms with van der Waals surface area (Å²) in [5.74, 6) is -2.46. The number of pyridine rings is 2. The van der Waals surface area contributed by atoms with Crippen molar-refractivity contribution in [3.8, 4) is 34.8 Å². The van der Waals surface area contributed by atoms with Gasteiger partial charge in [0.2, 0.25) is 0 Å². The Bertz CT molecular complexity index is 3130. The third-order valence-corrected chi connectivity index (χ3v) is 10.2. The minimum absolute atomic E-state index is 0.0000623. The van der Waals surface area contributed by atoms with Gasteiger partial charge in [0.1, 0.15) is 24.6 Å². The van der Waals surface area contributed by atoms with Crippen LogP contribution < -0.4 is 9.47 Å². The molecule has 0 amide bonds. The Balaban J connectivity index is 0.949. The molecular formula is C47H42N12O11. The van der Waals surface area contributed by atoms with E-state index in [1.165, 1.54) is 19.2 Å². The highest BCUT2D eigenvalue weighted by Crippen LogP contribution is 2.31. The SMILES string of the molecule is O=C(O)CN(CC(=O)O)Cc1ccn(-c2cccc(-n3ccc(COc4ccc(C(=O)c5ccccc5)cc4OCc4ccn(-c5cccc(-n6ccc(CN(CC(=O)O)CC(=O)O)n6)n5)n4)n3)n2)n1. The van der Waals surface area contributed by atoms with Gasteiger partial charge in [-0.05, 0) is 66.7 Å². The van der Waals surface area contributed by atoms with Crippen molar-refractivity contribution in [1.29, 1.82) is 0 Å². The second-order valence-electron chi connectivity index (χ2n) is 15.5. The number of carboxylic acid groups (broad SMARTS) is 4. The fourth-order valence-electron chi connectivity index (χ4n) is 7.11. The highest BCUT2D eigenvalue weighted by molar-refractivity contribution is 6.09. The normalized spacial score (nSPS) is 11.2. The summed E-state index contributed by atoms with van der Waals surface area (Å²) in [5.41, 5.74) is 2.83. The third kappa shape index (κ3) is 12.3. The van der Waals surface area contributed by atoms with Crippen molar-refractivity contribution in [3.05, 3.63) is 168 Å². The molecule has 8 rings (SSSR count). The van der Waals surface area contributed by atoms with Gasteiger partial charge in [0.15, 0.2) is 40.6 Å². The number of ether oxygens (including phenoxy) is 2. The smallest absolute Gasteiger partial charge is 0.317 e. The zero-order valence-electron chi connectivity index (χ0n) is 36.9. The Morgan fingerprint density at radius 1 is 0.429 bits per heavy atom. The molecule has 23 heteroatoms. The topological polar surface area (TPSA) is 288 Å². The van der Waals surface area contributed by atoms with Gasteiger partial charge in [-0.3, -0.25) is 33.8 Å². The van der Waals surface area contributed by atoms with Gasteiger partial charge in [-0.1, -0.05) is 42.5 Å². The number of carboxylic acids is 4. The average Bonchev–Trinajstić information content (AvgIpc) is 4.19. The van der Waals surface area contributed by atoms with Crippen LogP contribution in [0.15, 0.2) is 134 Å². The molecule has 0 bridgehead atoms. The maximum Gasteiger partial charge on any atom is 0.317 e. The van der Waals surface area contributed by atoms with Gasteiger partial charge >= 0.3 is 23.9 Å². The van der Waals surface area contributed by atoms with Crippen LogP contribution in [0.1, 0.15) is 38.7 Å². The van der Waals surface area contributed by atoms with E-state index >= 15 is 0 Å². The number of benzene rings is 2. The second kappa shape index (κ2) is 21.5. The first-order chi connectivity index (χ1) is 33.8. The molecule has 0 radical (unpaired) electrons. The van der Waals surface area contributed by atoms with Crippen LogP contribution in [0.3, 0.4) is 0 Å². The van der Waals surface area contributed by atoms with Crippen LogP contribution in [0, 0.1) is 0 Å². The molecule has 0 saturated carbocycles. The van der Waals surface area contributed by atoms with E-state index in [2.05, 4.69) is 30.4 Å². The van der Waals surface area contributed by atoms with Crippen LogP contribution in [0.2, 0.25) is 0 Å². The van der Waals surface area contributed by atoms with E-state index in [4.69, 9.17) is 9.47 Å². The third-order valence-electron chi connectivity index (χ3n) is 10.2. The zero-order chi connectivity index (χ0) is 49.1. The van der Waals surface area contributed by atoms with Crippen molar-refractivity contribution in [2.45, 2.75) is 26.3 Å². The summed E-state index contributed by atoms with van der Waals surface area (Å²) in [7, 11) is 0. The van der Waals surface area contributed by atoms with Gasteiger partial charge in [0.05, 0.1) is 37.6 Å². The Morgan fingerprint density at radius 2 is 0.814 bits per heavy atom. The molecule has 8 aromatic rings. The van der Waals surface area contributed by atoms with Crippen LogP contribution in [0.5, 0.6) is 11.5 Å². The van der Waals surface area contributed by atoms with Gasteiger partial charge in [-0.15, -0.1) is 0 Å². The van der Waals surface area contributed by atoms with Crippen LogP contribution in [0.25, 0.3) is 23.3 Å². The number of hydrogen-bond donors (Lipinski definition) is 4. The van der Waals surface area contributed by atoms with E-state index in [9.17, 15) is 44.4 Å². The number of carbonyl (C=O) groups is 5. The largest absolute Gasteiger partial charge is 0.483 e. The summed E-state index contributed by atoms with van der Waals surface area (Å²) in [6.07, 6.45) is 6.70. The number of hydrogen-bond acceptors (Lipinski definition) is 15. The molecule has 0 aliphatic carbocycles. The molecule has 0 aliphatic heterocycles. The van der Waals surface area contributed by atoms with Gasteiger partial charge in [0.25, 0.3) is 0 Å². The molecule has 23 nitrogen and oxygen atoms in total. The Kier molecular flexibility index (Phi) is 14.5. The number of aromatic nitrogens is 10. The molecule has 0 aliphatic rings. The highest BCUT2D eigenvalue weighted by atomic mass is 16.5. The minimum Gasteiger partial charge on any atom is -0.483 e. The Hall–Kier alpha value is -9.35. The molecular weight excluding hydrogens is 909 g/mol. The monoisotopic (exact) mass is 950 g/mol. The molecule has 6 heterocycles. The van der Waals surface area contributed by atoms with E-state index < -0.39 is 50.1 Å². The highest BCUT2D eigenvalue weighted by Gasteiger charge is 2.19. The number of rotatable bonds is 24. The lowest BCUT2D eigenvalue weighted by Crippen LogP contribution is -2.34. The summed E-state index contributed by atoms with van der Waals surface area (Å²) >= 11 is 0. The summed E-state index contributed by atoms with van der Waals surface area (Å²) in [6.45, 7) is -1.86. The molecule has 0 atom stereocenters. The van der Waals surface area contributed by atoms with Crippen LogP contribution in [-0.2, 0) is 45.5 Å². The van der Waals surface area contributed by atoms with Crippen molar-refractivity contribution in [2.75, 3.05) is 26.2 Å². The first kappa shape index (κ1) is 47.2. The molecule has 0 unspecified atom stereocenters. The summed E-state index contributed by atoms with van der Waals surface area (Å²) in [5, 5.41) is 55.1. The van der Waals surface area contributed by atoms with E-state index in [0.717, 1.165) is 0 Å². The van der Waals surface area contributed by atoms with Crippen LogP contribution in [-0.4, -0.2) is 135 Å². The van der Waals surface area contributed by atoms with Crippen molar-refractivity contribution >= 4 is 29.7 Å². The lowest BCUT2D eigenvalue weighted by Gasteiger charge is -2.16. The molecule has 70 heavy (non-hydrogen) atoms. The number of aliphatic carboxylic acids is 4. The molecule has 2 aromatic carbocycles. The predicted molar refractivity (Wildman–Crippen MR) is 243 cm³/mol. The molecule has 0 spiro atoms. The van der Waals surface area contributed by atoms with Gasteiger partial charge in [-0.2, -0.15) is 20.4 Å². The van der Waals surface area contributed by atoms with Gasteiger partial charge < -0.3 is 29.9 Å². The standard InChI is InChI=1S/C47H42N12O11/c60-43(61)25-54(26-44(62)63)23-33-14-18-56(50-33)39-8-4-10-41(48-39)58-20-16-35(52-58)29-69-37-13-12-32(47(68)31-6-2-1-3-7-31)22-38(37)70-30-36-17-21-59(53-36)42-11-5-9-40(49-42)57-19-15-34(51-57)24-55(27-45(64)65)28-46(66)67/h1-22H,23-30H2,(H,60,61)(H,62,63)(H,64,65)(H,66,67). The summed E-state index contributed by atoms with van der Waals surface area (Å²) < 4.78 is 18.6. The maximum atomic E-state index is 13.5. The first-order valence-corrected chi connectivity index (χ1v) is 21.3. The van der Waals surface area contributed by atoms with Gasteiger partial charge in [0, 0.05) is 49.0 Å². The lowest BCUT2D eigenvalue weighted by molar-refractivity contribution is -0.144. The molecule has 0 fully saturated rings.